The number of nitrogens with one attached hydrogen (secondary N) is 1. The van der Waals surface area contributed by atoms with Gasteiger partial charge in [0.05, 0.1) is 12.3 Å². The third-order valence-corrected chi connectivity index (χ3v) is 4.25. The van der Waals surface area contributed by atoms with Crippen molar-refractivity contribution in [2.75, 3.05) is 6.61 Å². The van der Waals surface area contributed by atoms with Crippen molar-refractivity contribution in [3.63, 3.8) is 0 Å². The van der Waals surface area contributed by atoms with Crippen LogP contribution in [0.2, 0.25) is 0 Å². The molecule has 0 atom stereocenters. The number of H-pyrrole nitrogens is 1. The van der Waals surface area contributed by atoms with Gasteiger partial charge in [-0.2, -0.15) is 0 Å². The zero-order chi connectivity index (χ0) is 15.8. The summed E-state index contributed by atoms with van der Waals surface area (Å²) in [7, 11) is 0. The fraction of sp³-hybridized carbons (Fsp3) is 0.353. The summed E-state index contributed by atoms with van der Waals surface area (Å²) in [6.45, 7) is 2.98. The van der Waals surface area contributed by atoms with Crippen LogP contribution in [0.4, 0.5) is 0 Å². The molecule has 1 aliphatic heterocycles. The Morgan fingerprint density at radius 3 is 3.22 bits per heavy atom. The zero-order valence-electron chi connectivity index (χ0n) is 13.0. The Labute approximate surface area is 133 Å². The molecule has 0 aromatic carbocycles. The summed E-state index contributed by atoms with van der Waals surface area (Å²) in [5.41, 5.74) is 3.75. The van der Waals surface area contributed by atoms with E-state index in [0.29, 0.717) is 12.4 Å². The monoisotopic (exact) mass is 310 g/mol. The number of fused-ring (bicyclic) bond motifs is 2. The van der Waals surface area contributed by atoms with Gasteiger partial charge in [0.15, 0.2) is 0 Å². The number of imidazole rings is 1. The number of carbonyl (C=O) groups is 1. The minimum Gasteiger partial charge on any atom is -0.460 e. The van der Waals surface area contributed by atoms with E-state index in [0.717, 1.165) is 53.8 Å². The lowest BCUT2D eigenvalue weighted by Gasteiger charge is -2.16. The third kappa shape index (κ3) is 2.30. The Hall–Kier alpha value is -2.63. The molecule has 0 saturated carbocycles. The number of nitrogens with zero attached hydrogens (tertiary/aromatic N) is 3. The molecule has 6 heteroatoms. The molecule has 0 bridgehead atoms. The first kappa shape index (κ1) is 14.0. The molecule has 6 nitrogen and oxygen atoms in total. The molecule has 3 aromatic rings. The van der Waals surface area contributed by atoms with E-state index in [1.165, 1.54) is 0 Å². The third-order valence-electron chi connectivity index (χ3n) is 4.25. The van der Waals surface area contributed by atoms with Crippen molar-refractivity contribution in [1.29, 1.82) is 0 Å². The largest absolute Gasteiger partial charge is 0.460 e. The van der Waals surface area contributed by atoms with Gasteiger partial charge in [0.1, 0.15) is 5.65 Å². The molecule has 0 unspecified atom stereocenters. The molecule has 1 N–H and O–H groups in total. The van der Waals surface area contributed by atoms with Gasteiger partial charge >= 0.3 is 5.97 Å². The van der Waals surface area contributed by atoms with Gasteiger partial charge in [0.25, 0.3) is 0 Å². The molecule has 0 spiro atoms. The van der Waals surface area contributed by atoms with E-state index in [9.17, 15) is 4.79 Å². The first-order valence-electron chi connectivity index (χ1n) is 7.98. The standard InChI is InChI=1S/C17H18N4O2/c1-2-23-17(22)16-20-14(13-5-3-4-8-21(13)16)12-9-11-6-7-18-15(11)19-10-12/h6-7,9-10H,2-5,8H2,1H3,(H,18,19). The fourth-order valence-corrected chi connectivity index (χ4v) is 3.19. The summed E-state index contributed by atoms with van der Waals surface area (Å²) in [5, 5.41) is 1.04. The predicted molar refractivity (Wildman–Crippen MR) is 86.2 cm³/mol. The first-order chi connectivity index (χ1) is 11.3. The number of esters is 1. The summed E-state index contributed by atoms with van der Waals surface area (Å²) in [6.07, 6.45) is 6.78. The quantitative estimate of drug-likeness (QED) is 0.755. The van der Waals surface area contributed by atoms with Gasteiger partial charge in [-0.1, -0.05) is 0 Å². The zero-order valence-corrected chi connectivity index (χ0v) is 13.0. The highest BCUT2D eigenvalue weighted by atomic mass is 16.5. The van der Waals surface area contributed by atoms with Gasteiger partial charge in [-0.25, -0.2) is 14.8 Å². The lowest BCUT2D eigenvalue weighted by Crippen LogP contribution is -2.18. The van der Waals surface area contributed by atoms with Crippen LogP contribution in [-0.2, 0) is 17.7 Å². The van der Waals surface area contributed by atoms with Crippen molar-refractivity contribution < 1.29 is 9.53 Å². The minimum absolute atomic E-state index is 0.349. The van der Waals surface area contributed by atoms with Gasteiger partial charge < -0.3 is 14.3 Å². The van der Waals surface area contributed by atoms with Gasteiger partial charge in [-0.3, -0.25) is 0 Å². The van der Waals surface area contributed by atoms with Crippen LogP contribution >= 0.6 is 0 Å². The normalized spacial score (nSPS) is 14.0. The Bertz CT molecular complexity index is 878. The van der Waals surface area contributed by atoms with Crippen LogP contribution in [0.3, 0.4) is 0 Å². The molecule has 0 radical (unpaired) electrons. The Morgan fingerprint density at radius 2 is 2.35 bits per heavy atom. The second kappa shape index (κ2) is 5.53. The number of aromatic amines is 1. The molecular formula is C17H18N4O2. The van der Waals surface area contributed by atoms with Crippen molar-refractivity contribution in [2.24, 2.45) is 0 Å². The highest BCUT2D eigenvalue weighted by Gasteiger charge is 2.25. The molecule has 0 fully saturated rings. The van der Waals surface area contributed by atoms with E-state index in [2.05, 4.69) is 21.0 Å². The maximum atomic E-state index is 12.2. The maximum absolute atomic E-state index is 12.2. The molecule has 0 saturated heterocycles. The van der Waals surface area contributed by atoms with Crippen molar-refractivity contribution in [2.45, 2.75) is 32.7 Å². The SMILES string of the molecule is CCOC(=O)c1nc(-c2cnc3[nH]ccc3c2)c2n1CCCC2. The number of carbonyl (C=O) groups excluding carboxylic acids is 1. The first-order valence-corrected chi connectivity index (χ1v) is 7.98. The molecule has 3 aromatic heterocycles. The van der Waals surface area contributed by atoms with Crippen molar-refractivity contribution in [3.8, 4) is 11.3 Å². The second-order valence-electron chi connectivity index (χ2n) is 5.70. The van der Waals surface area contributed by atoms with Crippen LogP contribution < -0.4 is 0 Å². The average molecular weight is 310 g/mol. The van der Waals surface area contributed by atoms with E-state index < -0.39 is 0 Å². The van der Waals surface area contributed by atoms with Crippen molar-refractivity contribution >= 4 is 17.0 Å². The van der Waals surface area contributed by atoms with Gasteiger partial charge in [-0.15, -0.1) is 0 Å². The van der Waals surface area contributed by atoms with Crippen LogP contribution in [-0.4, -0.2) is 32.1 Å². The summed E-state index contributed by atoms with van der Waals surface area (Å²) in [6, 6.07) is 4.05. The molecule has 1 aliphatic rings. The lowest BCUT2D eigenvalue weighted by molar-refractivity contribution is 0.0505. The molecule has 0 amide bonds. The number of pyridine rings is 1. The number of aromatic nitrogens is 4. The Balaban J connectivity index is 1.85. The van der Waals surface area contributed by atoms with Crippen molar-refractivity contribution in [1.82, 2.24) is 19.5 Å². The molecule has 4 rings (SSSR count). The Morgan fingerprint density at radius 1 is 1.43 bits per heavy atom. The van der Waals surface area contributed by atoms with Crippen molar-refractivity contribution in [3.05, 3.63) is 36.0 Å². The number of rotatable bonds is 3. The molecule has 118 valence electrons. The van der Waals surface area contributed by atoms with Crippen LogP contribution in [0.25, 0.3) is 22.3 Å². The second-order valence-corrected chi connectivity index (χ2v) is 5.70. The molecule has 0 aliphatic carbocycles. The highest BCUT2D eigenvalue weighted by Crippen LogP contribution is 2.30. The van der Waals surface area contributed by atoms with E-state index >= 15 is 0 Å². The van der Waals surface area contributed by atoms with Crippen LogP contribution in [0, 0.1) is 0 Å². The van der Waals surface area contributed by atoms with Crippen LogP contribution in [0.5, 0.6) is 0 Å². The predicted octanol–water partition coefficient (Wildman–Crippen LogP) is 2.94. The topological polar surface area (TPSA) is 72.8 Å². The minimum atomic E-state index is -0.349. The molecule has 23 heavy (non-hydrogen) atoms. The Kier molecular flexibility index (Phi) is 3.37. The summed E-state index contributed by atoms with van der Waals surface area (Å²) < 4.78 is 7.17. The fourth-order valence-electron chi connectivity index (χ4n) is 3.19. The lowest BCUT2D eigenvalue weighted by atomic mass is 10.0. The molecular weight excluding hydrogens is 292 g/mol. The number of ether oxygens (including phenoxy) is 1. The van der Waals surface area contributed by atoms with Crippen LogP contribution in [0.15, 0.2) is 24.5 Å². The highest BCUT2D eigenvalue weighted by molar-refractivity contribution is 5.88. The summed E-state index contributed by atoms with van der Waals surface area (Å²) in [5.74, 6) is 0.0586. The smallest absolute Gasteiger partial charge is 0.374 e. The van der Waals surface area contributed by atoms with E-state index in [1.807, 2.05) is 30.0 Å². The average Bonchev–Trinajstić information content (AvgIpc) is 3.19. The number of hydrogen-bond donors (Lipinski definition) is 1. The maximum Gasteiger partial charge on any atom is 0.374 e. The van der Waals surface area contributed by atoms with Crippen LogP contribution in [0.1, 0.15) is 36.1 Å². The van der Waals surface area contributed by atoms with Gasteiger partial charge in [0, 0.05) is 35.6 Å². The van der Waals surface area contributed by atoms with E-state index in [1.54, 1.807) is 0 Å². The van der Waals surface area contributed by atoms with Gasteiger partial charge in [-0.05, 0) is 38.3 Å². The summed E-state index contributed by atoms with van der Waals surface area (Å²) >= 11 is 0. The van der Waals surface area contributed by atoms with E-state index in [4.69, 9.17) is 4.74 Å². The summed E-state index contributed by atoms with van der Waals surface area (Å²) in [4.78, 5) is 24.3. The number of hydrogen-bond acceptors (Lipinski definition) is 4. The molecule has 4 heterocycles. The van der Waals surface area contributed by atoms with E-state index in [-0.39, 0.29) is 5.97 Å². The van der Waals surface area contributed by atoms with Gasteiger partial charge in [0.2, 0.25) is 5.82 Å².